The molecule has 8 heteroatoms. The Bertz CT molecular complexity index is 1140. The lowest BCUT2D eigenvalue weighted by molar-refractivity contribution is -0.121. The van der Waals surface area contributed by atoms with Crippen molar-refractivity contribution in [2.24, 2.45) is 0 Å². The van der Waals surface area contributed by atoms with Gasteiger partial charge in [0.2, 0.25) is 11.7 Å². The smallest absolute Gasteiger partial charge is 0.279 e. The summed E-state index contributed by atoms with van der Waals surface area (Å²) >= 11 is 0. The van der Waals surface area contributed by atoms with Crippen molar-refractivity contribution in [2.75, 3.05) is 13.2 Å². The molecule has 0 aliphatic carbocycles. The summed E-state index contributed by atoms with van der Waals surface area (Å²) in [5.74, 6) is 0.863. The highest BCUT2D eigenvalue weighted by atomic mass is 16.5. The summed E-state index contributed by atoms with van der Waals surface area (Å²) in [6, 6.07) is 9.54. The Morgan fingerprint density at radius 3 is 2.87 bits per heavy atom. The van der Waals surface area contributed by atoms with E-state index in [1.165, 1.54) is 4.52 Å². The molecule has 31 heavy (non-hydrogen) atoms. The molecule has 4 rings (SSSR count). The zero-order chi connectivity index (χ0) is 21.8. The summed E-state index contributed by atoms with van der Waals surface area (Å²) in [5, 5.41) is 7.38. The van der Waals surface area contributed by atoms with Crippen LogP contribution < -0.4 is 10.9 Å². The molecule has 162 valence electrons. The third kappa shape index (κ3) is 4.44. The summed E-state index contributed by atoms with van der Waals surface area (Å²) in [6.45, 7) is 7.46. The van der Waals surface area contributed by atoms with Crippen LogP contribution in [0.3, 0.4) is 0 Å². The summed E-state index contributed by atoms with van der Waals surface area (Å²) in [5.41, 5.74) is 1.93. The summed E-state index contributed by atoms with van der Waals surface area (Å²) in [6.07, 6.45) is 4.41. The number of rotatable bonds is 8. The quantitative estimate of drug-likeness (QED) is 0.564. The molecule has 0 saturated carbocycles. The van der Waals surface area contributed by atoms with Gasteiger partial charge in [0, 0.05) is 42.9 Å². The van der Waals surface area contributed by atoms with Crippen molar-refractivity contribution in [1.82, 2.24) is 24.5 Å². The zero-order valence-corrected chi connectivity index (χ0v) is 17.7. The SMILES string of the molecule is C=CCn1c(C)c(CCC(=O)NCC2CCCO2)c(=O)n2nc(-c3ccccc3)nc12. The molecule has 8 nitrogen and oxygen atoms in total. The Kier molecular flexibility index (Phi) is 6.27. The topological polar surface area (TPSA) is 90.5 Å². The van der Waals surface area contributed by atoms with E-state index < -0.39 is 0 Å². The van der Waals surface area contributed by atoms with Gasteiger partial charge in [-0.05, 0) is 26.2 Å². The van der Waals surface area contributed by atoms with Crippen LogP contribution in [-0.4, -0.2) is 44.3 Å². The van der Waals surface area contributed by atoms with E-state index in [9.17, 15) is 9.59 Å². The van der Waals surface area contributed by atoms with Gasteiger partial charge in [0.05, 0.1) is 6.10 Å². The zero-order valence-electron chi connectivity index (χ0n) is 17.7. The van der Waals surface area contributed by atoms with Gasteiger partial charge < -0.3 is 14.6 Å². The van der Waals surface area contributed by atoms with Gasteiger partial charge in [0.1, 0.15) is 0 Å². The van der Waals surface area contributed by atoms with Crippen molar-refractivity contribution in [3.8, 4) is 11.4 Å². The van der Waals surface area contributed by atoms with Gasteiger partial charge >= 0.3 is 0 Å². The van der Waals surface area contributed by atoms with Crippen molar-refractivity contribution < 1.29 is 9.53 Å². The first kappa shape index (κ1) is 21.0. The number of carbonyl (C=O) groups excluding carboxylic acids is 1. The first-order chi connectivity index (χ1) is 15.1. The molecule has 2 aromatic heterocycles. The van der Waals surface area contributed by atoms with Crippen LogP contribution in [0.2, 0.25) is 0 Å². The monoisotopic (exact) mass is 421 g/mol. The third-order valence-corrected chi connectivity index (χ3v) is 5.62. The lowest BCUT2D eigenvalue weighted by Crippen LogP contribution is -2.33. The Morgan fingerprint density at radius 1 is 1.35 bits per heavy atom. The number of fused-ring (bicyclic) bond motifs is 1. The average molecular weight is 422 g/mol. The molecule has 1 aliphatic heterocycles. The molecule has 1 atom stereocenters. The van der Waals surface area contributed by atoms with E-state index in [4.69, 9.17) is 4.74 Å². The van der Waals surface area contributed by atoms with Gasteiger partial charge in [0.15, 0.2) is 5.82 Å². The minimum absolute atomic E-state index is 0.0896. The van der Waals surface area contributed by atoms with E-state index in [1.807, 2.05) is 41.8 Å². The number of nitrogens with zero attached hydrogens (tertiary/aromatic N) is 4. The normalized spacial score (nSPS) is 16.0. The van der Waals surface area contributed by atoms with E-state index in [2.05, 4.69) is 22.0 Å². The molecular formula is C23H27N5O3. The van der Waals surface area contributed by atoms with Crippen molar-refractivity contribution in [1.29, 1.82) is 0 Å². The van der Waals surface area contributed by atoms with Crippen LogP contribution in [0, 0.1) is 6.92 Å². The number of hydrogen-bond donors (Lipinski definition) is 1. The van der Waals surface area contributed by atoms with E-state index >= 15 is 0 Å². The molecule has 1 aromatic carbocycles. The number of benzene rings is 1. The Balaban J connectivity index is 1.61. The molecule has 0 spiro atoms. The molecular weight excluding hydrogens is 394 g/mol. The Morgan fingerprint density at radius 2 is 2.16 bits per heavy atom. The number of allylic oxidation sites excluding steroid dienone is 1. The minimum Gasteiger partial charge on any atom is -0.376 e. The largest absolute Gasteiger partial charge is 0.376 e. The lowest BCUT2D eigenvalue weighted by Gasteiger charge is -2.14. The molecule has 1 aliphatic rings. The van der Waals surface area contributed by atoms with E-state index in [0.29, 0.717) is 36.7 Å². The maximum atomic E-state index is 13.2. The van der Waals surface area contributed by atoms with E-state index in [1.54, 1.807) is 6.08 Å². The van der Waals surface area contributed by atoms with Crippen LogP contribution in [0.25, 0.3) is 17.2 Å². The van der Waals surface area contributed by atoms with Crippen molar-refractivity contribution in [3.05, 3.63) is 64.6 Å². The fourth-order valence-corrected chi connectivity index (χ4v) is 3.92. The molecule has 3 heterocycles. The molecule has 0 bridgehead atoms. The summed E-state index contributed by atoms with van der Waals surface area (Å²) in [4.78, 5) is 30.1. The van der Waals surface area contributed by atoms with Crippen LogP contribution in [-0.2, 0) is 22.5 Å². The molecule has 0 radical (unpaired) electrons. The fourth-order valence-electron chi connectivity index (χ4n) is 3.92. The number of aromatic nitrogens is 4. The minimum atomic E-state index is -0.241. The number of nitrogens with one attached hydrogen (secondary N) is 1. The number of ether oxygens (including phenoxy) is 1. The van der Waals surface area contributed by atoms with Gasteiger partial charge in [-0.2, -0.15) is 9.50 Å². The van der Waals surface area contributed by atoms with Crippen LogP contribution >= 0.6 is 0 Å². The predicted octanol–water partition coefficient (Wildman–Crippen LogP) is 2.28. The summed E-state index contributed by atoms with van der Waals surface area (Å²) in [7, 11) is 0. The van der Waals surface area contributed by atoms with Crippen molar-refractivity contribution in [2.45, 2.75) is 45.3 Å². The number of hydrogen-bond acceptors (Lipinski definition) is 5. The van der Waals surface area contributed by atoms with Crippen LogP contribution in [0.1, 0.15) is 30.5 Å². The molecule has 1 saturated heterocycles. The average Bonchev–Trinajstić information content (AvgIpc) is 3.46. The van der Waals surface area contributed by atoms with Crippen molar-refractivity contribution >= 4 is 11.7 Å². The van der Waals surface area contributed by atoms with Crippen LogP contribution in [0.4, 0.5) is 0 Å². The first-order valence-electron chi connectivity index (χ1n) is 10.6. The standard InChI is InChI=1S/C23H27N5O3/c1-3-13-27-16(2)19(11-12-20(29)24-15-18-10-7-14-31-18)22(30)28-23(27)25-21(26-28)17-8-5-4-6-9-17/h3-6,8-9,18H,1,7,10-15H2,2H3,(H,24,29). The molecule has 1 fully saturated rings. The lowest BCUT2D eigenvalue weighted by atomic mass is 10.1. The number of amides is 1. The fraction of sp³-hybridized carbons (Fsp3) is 0.391. The summed E-state index contributed by atoms with van der Waals surface area (Å²) < 4.78 is 8.78. The van der Waals surface area contributed by atoms with E-state index in [0.717, 1.165) is 30.7 Å². The highest BCUT2D eigenvalue weighted by Gasteiger charge is 2.20. The van der Waals surface area contributed by atoms with Gasteiger partial charge in [0.25, 0.3) is 5.56 Å². The molecule has 3 aromatic rings. The third-order valence-electron chi connectivity index (χ3n) is 5.62. The predicted molar refractivity (Wildman–Crippen MR) is 118 cm³/mol. The van der Waals surface area contributed by atoms with Crippen LogP contribution in [0.5, 0.6) is 0 Å². The molecule has 1 amide bonds. The second kappa shape index (κ2) is 9.26. The molecule has 1 unspecified atom stereocenters. The first-order valence-corrected chi connectivity index (χ1v) is 10.6. The van der Waals surface area contributed by atoms with E-state index in [-0.39, 0.29) is 24.0 Å². The maximum absolute atomic E-state index is 13.2. The maximum Gasteiger partial charge on any atom is 0.279 e. The second-order valence-electron chi connectivity index (χ2n) is 7.72. The number of carbonyl (C=O) groups is 1. The van der Waals surface area contributed by atoms with Gasteiger partial charge in [-0.25, -0.2) is 0 Å². The second-order valence-corrected chi connectivity index (χ2v) is 7.72. The highest BCUT2D eigenvalue weighted by molar-refractivity contribution is 5.76. The highest BCUT2D eigenvalue weighted by Crippen LogP contribution is 2.17. The van der Waals surface area contributed by atoms with Crippen molar-refractivity contribution in [3.63, 3.8) is 0 Å². The van der Waals surface area contributed by atoms with Gasteiger partial charge in [-0.15, -0.1) is 11.7 Å². The Hall–Kier alpha value is -3.26. The van der Waals surface area contributed by atoms with Gasteiger partial charge in [-0.3, -0.25) is 9.59 Å². The molecule has 1 N–H and O–H groups in total. The Labute approximate surface area is 180 Å². The van der Waals surface area contributed by atoms with Crippen LogP contribution in [0.15, 0.2) is 47.8 Å². The van der Waals surface area contributed by atoms with Gasteiger partial charge in [-0.1, -0.05) is 36.4 Å².